The van der Waals surface area contributed by atoms with Crippen molar-refractivity contribution < 1.29 is 9.90 Å². The number of nitriles is 1. The summed E-state index contributed by atoms with van der Waals surface area (Å²) in [4.78, 5) is 16.9. The summed E-state index contributed by atoms with van der Waals surface area (Å²) in [5, 5.41) is 25.1. The Morgan fingerprint density at radius 3 is 3.00 bits per heavy atom. The van der Waals surface area contributed by atoms with Crippen molar-refractivity contribution in [2.75, 3.05) is 13.1 Å². The zero-order valence-corrected chi connectivity index (χ0v) is 11.0. The molecule has 1 aliphatic rings. The Balaban J connectivity index is 1.58. The average Bonchev–Trinajstić information content (AvgIpc) is 2.92. The molecule has 0 bridgehead atoms. The van der Waals surface area contributed by atoms with E-state index in [1.54, 1.807) is 16.9 Å². The van der Waals surface area contributed by atoms with E-state index in [-0.39, 0.29) is 11.7 Å². The van der Waals surface area contributed by atoms with Crippen molar-refractivity contribution in [1.82, 2.24) is 24.9 Å². The lowest BCUT2D eigenvalue weighted by Gasteiger charge is -2.38. The average molecular weight is 284 g/mol. The monoisotopic (exact) mass is 284 g/mol. The lowest BCUT2D eigenvalue weighted by molar-refractivity contribution is 0.0690. The number of carbonyl (C=O) groups is 1. The van der Waals surface area contributed by atoms with Gasteiger partial charge in [0.15, 0.2) is 5.69 Å². The van der Waals surface area contributed by atoms with E-state index in [4.69, 9.17) is 10.4 Å². The van der Waals surface area contributed by atoms with Gasteiger partial charge in [-0.05, 0) is 17.7 Å². The molecule has 0 amide bonds. The number of likely N-dealkylation sites (tertiary alicyclic amines) is 1. The van der Waals surface area contributed by atoms with Crippen LogP contribution in [-0.4, -0.2) is 49.0 Å². The fourth-order valence-electron chi connectivity index (χ4n) is 2.28. The van der Waals surface area contributed by atoms with E-state index in [0.29, 0.717) is 5.69 Å². The van der Waals surface area contributed by atoms with Crippen LogP contribution in [0.25, 0.3) is 0 Å². The first kappa shape index (κ1) is 13.2. The van der Waals surface area contributed by atoms with Crippen LogP contribution in [0.1, 0.15) is 27.8 Å². The van der Waals surface area contributed by atoms with Crippen LogP contribution in [0.4, 0.5) is 0 Å². The number of pyridine rings is 1. The fourth-order valence-corrected chi connectivity index (χ4v) is 2.28. The summed E-state index contributed by atoms with van der Waals surface area (Å²) in [6.07, 6.45) is 3.08. The van der Waals surface area contributed by atoms with Gasteiger partial charge in [0, 0.05) is 25.8 Å². The molecule has 3 rings (SSSR count). The Hall–Kier alpha value is -2.79. The lowest BCUT2D eigenvalue weighted by atomic mass is 10.1. The lowest BCUT2D eigenvalue weighted by Crippen LogP contribution is -2.47. The first-order chi connectivity index (χ1) is 10.2. The van der Waals surface area contributed by atoms with Crippen LogP contribution in [0.15, 0.2) is 24.5 Å². The summed E-state index contributed by atoms with van der Waals surface area (Å²) in [5.74, 6) is -1.07. The van der Waals surface area contributed by atoms with E-state index in [2.05, 4.69) is 20.2 Å². The minimum Gasteiger partial charge on any atom is -0.476 e. The van der Waals surface area contributed by atoms with E-state index >= 15 is 0 Å². The molecule has 2 aromatic rings. The van der Waals surface area contributed by atoms with Gasteiger partial charge in [0.1, 0.15) is 11.8 Å². The van der Waals surface area contributed by atoms with E-state index in [1.807, 2.05) is 12.1 Å². The van der Waals surface area contributed by atoms with Crippen LogP contribution in [0.3, 0.4) is 0 Å². The number of rotatable bonds is 4. The second-order valence-electron chi connectivity index (χ2n) is 4.90. The van der Waals surface area contributed by atoms with Crippen molar-refractivity contribution in [1.29, 1.82) is 5.26 Å². The molecule has 0 spiro atoms. The van der Waals surface area contributed by atoms with Crippen molar-refractivity contribution in [3.63, 3.8) is 0 Å². The Morgan fingerprint density at radius 1 is 1.52 bits per heavy atom. The molecule has 1 aliphatic heterocycles. The number of hydrogen-bond donors (Lipinski definition) is 1. The molecular formula is C13H12N6O2. The summed E-state index contributed by atoms with van der Waals surface area (Å²) >= 11 is 0. The molecule has 1 saturated heterocycles. The van der Waals surface area contributed by atoms with Crippen molar-refractivity contribution in [2.45, 2.75) is 12.6 Å². The van der Waals surface area contributed by atoms with Gasteiger partial charge in [-0.1, -0.05) is 5.21 Å². The molecule has 0 unspecified atom stereocenters. The highest BCUT2D eigenvalue weighted by Crippen LogP contribution is 2.22. The Kier molecular flexibility index (Phi) is 3.33. The minimum atomic E-state index is -1.07. The van der Waals surface area contributed by atoms with E-state index in [0.717, 1.165) is 25.2 Å². The first-order valence-corrected chi connectivity index (χ1v) is 6.38. The van der Waals surface area contributed by atoms with E-state index in [9.17, 15) is 4.79 Å². The molecule has 21 heavy (non-hydrogen) atoms. The molecule has 0 saturated carbocycles. The Morgan fingerprint density at radius 2 is 2.33 bits per heavy atom. The number of carboxylic acid groups (broad SMARTS) is 1. The van der Waals surface area contributed by atoms with Crippen molar-refractivity contribution >= 4 is 5.97 Å². The van der Waals surface area contributed by atoms with Gasteiger partial charge in [0.2, 0.25) is 0 Å². The maximum absolute atomic E-state index is 10.8. The van der Waals surface area contributed by atoms with Crippen LogP contribution in [0, 0.1) is 11.3 Å². The van der Waals surface area contributed by atoms with Gasteiger partial charge in [-0.25, -0.2) is 14.5 Å². The molecule has 0 aromatic carbocycles. The van der Waals surface area contributed by atoms with Gasteiger partial charge >= 0.3 is 5.97 Å². The summed E-state index contributed by atoms with van der Waals surface area (Å²) in [5.41, 5.74) is 1.40. The predicted molar refractivity (Wildman–Crippen MR) is 70.2 cm³/mol. The second kappa shape index (κ2) is 5.30. The van der Waals surface area contributed by atoms with Gasteiger partial charge in [0.25, 0.3) is 0 Å². The maximum Gasteiger partial charge on any atom is 0.358 e. The molecule has 8 heteroatoms. The SMILES string of the molecule is N#Cc1cc(CN2CC(n3cc(C(=O)O)nn3)C2)ccn1. The predicted octanol–water partition coefficient (Wildman–Crippen LogP) is 0.300. The van der Waals surface area contributed by atoms with Crippen LogP contribution in [0.5, 0.6) is 0 Å². The van der Waals surface area contributed by atoms with Gasteiger partial charge in [-0.15, -0.1) is 5.10 Å². The molecule has 8 nitrogen and oxygen atoms in total. The smallest absolute Gasteiger partial charge is 0.358 e. The Bertz CT molecular complexity index is 713. The number of hydrogen-bond acceptors (Lipinski definition) is 6. The molecule has 2 aromatic heterocycles. The highest BCUT2D eigenvalue weighted by atomic mass is 16.4. The number of aromatic carboxylic acids is 1. The molecule has 3 heterocycles. The largest absolute Gasteiger partial charge is 0.476 e. The third-order valence-electron chi connectivity index (χ3n) is 3.39. The molecule has 106 valence electrons. The maximum atomic E-state index is 10.8. The number of aromatic nitrogens is 4. The van der Waals surface area contributed by atoms with Crippen molar-refractivity contribution in [3.05, 3.63) is 41.5 Å². The molecule has 1 N–H and O–H groups in total. The summed E-state index contributed by atoms with van der Waals surface area (Å²) in [6.45, 7) is 2.27. The van der Waals surface area contributed by atoms with Crippen LogP contribution >= 0.6 is 0 Å². The molecule has 0 radical (unpaired) electrons. The number of nitrogens with zero attached hydrogens (tertiary/aromatic N) is 6. The van der Waals surface area contributed by atoms with Gasteiger partial charge in [-0.2, -0.15) is 5.26 Å². The van der Waals surface area contributed by atoms with Crippen molar-refractivity contribution in [3.8, 4) is 6.07 Å². The van der Waals surface area contributed by atoms with Crippen molar-refractivity contribution in [2.24, 2.45) is 0 Å². The van der Waals surface area contributed by atoms with Crippen LogP contribution in [0.2, 0.25) is 0 Å². The normalized spacial score (nSPS) is 15.4. The Labute approximate surface area is 120 Å². The zero-order valence-electron chi connectivity index (χ0n) is 11.0. The van der Waals surface area contributed by atoms with Crippen LogP contribution in [-0.2, 0) is 6.54 Å². The molecular weight excluding hydrogens is 272 g/mol. The molecule has 0 atom stereocenters. The molecule has 1 fully saturated rings. The number of carboxylic acids is 1. The standard InChI is InChI=1S/C13H12N6O2/c14-4-10-3-9(1-2-15-10)5-18-6-11(7-18)19-8-12(13(20)21)16-17-19/h1-3,8,11H,5-7H2,(H,20,21). The van der Waals surface area contributed by atoms with Gasteiger partial charge < -0.3 is 5.11 Å². The highest BCUT2D eigenvalue weighted by molar-refractivity contribution is 5.84. The summed E-state index contributed by atoms with van der Waals surface area (Å²) in [7, 11) is 0. The van der Waals surface area contributed by atoms with E-state index in [1.165, 1.54) is 6.20 Å². The zero-order chi connectivity index (χ0) is 14.8. The topological polar surface area (TPSA) is 108 Å². The quantitative estimate of drug-likeness (QED) is 0.860. The van der Waals surface area contributed by atoms with Gasteiger partial charge in [-0.3, -0.25) is 4.90 Å². The third kappa shape index (κ3) is 2.73. The minimum absolute atomic E-state index is 0.0405. The summed E-state index contributed by atoms with van der Waals surface area (Å²) < 4.78 is 1.59. The van der Waals surface area contributed by atoms with Crippen LogP contribution < -0.4 is 0 Å². The second-order valence-corrected chi connectivity index (χ2v) is 4.90. The third-order valence-corrected chi connectivity index (χ3v) is 3.39. The first-order valence-electron chi connectivity index (χ1n) is 6.38. The molecule has 0 aliphatic carbocycles. The van der Waals surface area contributed by atoms with Gasteiger partial charge in [0.05, 0.1) is 12.2 Å². The fraction of sp³-hybridized carbons (Fsp3) is 0.308. The highest BCUT2D eigenvalue weighted by Gasteiger charge is 2.29. The van der Waals surface area contributed by atoms with E-state index < -0.39 is 5.97 Å². The summed E-state index contributed by atoms with van der Waals surface area (Å²) in [6, 6.07) is 5.81.